The smallest absolute Gasteiger partial charge is 0.311 e. The summed E-state index contributed by atoms with van der Waals surface area (Å²) < 4.78 is 0. The molecule has 19 heavy (non-hydrogen) atoms. The van der Waals surface area contributed by atoms with E-state index in [9.17, 15) is 10.1 Å². The van der Waals surface area contributed by atoms with E-state index in [0.717, 1.165) is 12.8 Å². The summed E-state index contributed by atoms with van der Waals surface area (Å²) >= 11 is 0. The van der Waals surface area contributed by atoms with Crippen LogP contribution in [0, 0.1) is 10.1 Å². The van der Waals surface area contributed by atoms with Crippen molar-refractivity contribution in [2.24, 2.45) is 0 Å². The molecule has 106 valence electrons. The molecule has 0 aliphatic rings. The Kier molecular flexibility index (Phi) is 5.50. The molecule has 0 aliphatic heterocycles. The van der Waals surface area contributed by atoms with Gasteiger partial charge in [-0.1, -0.05) is 13.8 Å². The van der Waals surface area contributed by atoms with E-state index in [1.54, 1.807) is 6.07 Å². The van der Waals surface area contributed by atoms with Crippen molar-refractivity contribution >= 4 is 17.3 Å². The highest BCUT2D eigenvalue weighted by Gasteiger charge is 2.20. The van der Waals surface area contributed by atoms with Crippen LogP contribution < -0.4 is 10.6 Å². The second kappa shape index (κ2) is 6.89. The molecule has 0 unspecified atom stereocenters. The Bertz CT molecular complexity index is 435. The number of nitrogens with zero attached hydrogens (tertiary/aromatic N) is 3. The Hall–Kier alpha value is -1.89. The van der Waals surface area contributed by atoms with Crippen molar-refractivity contribution in [2.45, 2.75) is 32.7 Å². The van der Waals surface area contributed by atoms with E-state index in [1.165, 1.54) is 6.07 Å². The number of hydrogen-bond acceptors (Lipinski definition) is 6. The van der Waals surface area contributed by atoms with Crippen molar-refractivity contribution in [1.29, 1.82) is 0 Å². The highest BCUT2D eigenvalue weighted by Crippen LogP contribution is 2.25. The first-order chi connectivity index (χ1) is 9.04. The first kappa shape index (κ1) is 15.2. The Balaban J connectivity index is 3.09. The van der Waals surface area contributed by atoms with E-state index >= 15 is 0 Å². The maximum absolute atomic E-state index is 10.7. The molecule has 1 aromatic heterocycles. The number of aliphatic hydroxyl groups is 1. The fraction of sp³-hybridized carbons (Fsp3) is 0.583. The lowest BCUT2D eigenvalue weighted by atomic mass is 10.1. The second-order valence-corrected chi connectivity index (χ2v) is 4.22. The fourth-order valence-electron chi connectivity index (χ4n) is 2.09. The van der Waals surface area contributed by atoms with Crippen LogP contribution in [0.1, 0.15) is 26.7 Å². The molecule has 0 saturated heterocycles. The molecule has 0 amide bonds. The molecule has 1 rings (SSSR count). The average Bonchev–Trinajstić information content (AvgIpc) is 2.38. The predicted molar refractivity (Wildman–Crippen MR) is 74.1 cm³/mol. The zero-order chi connectivity index (χ0) is 14.4. The van der Waals surface area contributed by atoms with Gasteiger partial charge in [-0.2, -0.15) is 0 Å². The normalized spacial score (nSPS) is 10.7. The van der Waals surface area contributed by atoms with Crippen molar-refractivity contribution < 1.29 is 10.0 Å². The van der Waals surface area contributed by atoms with Gasteiger partial charge in [0.05, 0.1) is 11.5 Å². The Morgan fingerprint density at radius 2 is 2.11 bits per heavy atom. The summed E-state index contributed by atoms with van der Waals surface area (Å²) in [6, 6.07) is 3.15. The monoisotopic (exact) mass is 268 g/mol. The van der Waals surface area contributed by atoms with E-state index in [0.29, 0.717) is 12.4 Å². The van der Waals surface area contributed by atoms with Gasteiger partial charge in [-0.15, -0.1) is 0 Å². The summed E-state index contributed by atoms with van der Waals surface area (Å²) in [5.41, 5.74) is 5.40. The van der Waals surface area contributed by atoms with Crippen LogP contribution in [0.25, 0.3) is 0 Å². The van der Waals surface area contributed by atoms with Gasteiger partial charge in [-0.25, -0.2) is 4.98 Å². The van der Waals surface area contributed by atoms with Crippen LogP contribution in [0.4, 0.5) is 17.3 Å². The first-order valence-electron chi connectivity index (χ1n) is 6.33. The molecule has 0 bridgehead atoms. The Labute approximate surface area is 112 Å². The maximum atomic E-state index is 10.7. The summed E-state index contributed by atoms with van der Waals surface area (Å²) in [5, 5.41) is 19.8. The number of aliphatic hydroxyl groups excluding tert-OH is 1. The second-order valence-electron chi connectivity index (χ2n) is 4.22. The van der Waals surface area contributed by atoms with Crippen LogP contribution in [0.15, 0.2) is 12.1 Å². The molecule has 1 heterocycles. The van der Waals surface area contributed by atoms with Crippen molar-refractivity contribution in [3.05, 3.63) is 22.2 Å². The number of pyridine rings is 1. The lowest BCUT2D eigenvalue weighted by Gasteiger charge is -2.31. The molecule has 0 saturated carbocycles. The summed E-state index contributed by atoms with van der Waals surface area (Å²) in [5.74, 6) is 0.460. The zero-order valence-corrected chi connectivity index (χ0v) is 11.2. The van der Waals surface area contributed by atoms with Gasteiger partial charge in [0.2, 0.25) is 5.82 Å². The minimum Gasteiger partial charge on any atom is -0.395 e. The first-order valence-corrected chi connectivity index (χ1v) is 6.33. The maximum Gasteiger partial charge on any atom is 0.311 e. The van der Waals surface area contributed by atoms with Gasteiger partial charge in [-0.3, -0.25) is 10.1 Å². The SMILES string of the molecule is CCC(CC)N(CCO)c1ccc([N+](=O)[O-])c(N)n1. The van der Waals surface area contributed by atoms with Crippen LogP contribution in [0.5, 0.6) is 0 Å². The minimum atomic E-state index is -0.556. The third-order valence-corrected chi connectivity index (χ3v) is 3.10. The summed E-state index contributed by atoms with van der Waals surface area (Å²) in [7, 11) is 0. The van der Waals surface area contributed by atoms with Crippen molar-refractivity contribution in [1.82, 2.24) is 4.98 Å². The lowest BCUT2D eigenvalue weighted by molar-refractivity contribution is -0.384. The molecular weight excluding hydrogens is 248 g/mol. The number of nitro groups is 1. The number of nitrogens with two attached hydrogens (primary N) is 1. The molecule has 0 aliphatic carbocycles. The summed E-state index contributed by atoms with van der Waals surface area (Å²) in [6.07, 6.45) is 1.80. The third kappa shape index (κ3) is 3.54. The van der Waals surface area contributed by atoms with Gasteiger partial charge < -0.3 is 15.7 Å². The van der Waals surface area contributed by atoms with E-state index in [2.05, 4.69) is 4.98 Å². The topological polar surface area (TPSA) is 106 Å². The van der Waals surface area contributed by atoms with Crippen LogP contribution >= 0.6 is 0 Å². The quantitative estimate of drug-likeness (QED) is 0.574. The van der Waals surface area contributed by atoms with Crippen LogP contribution in [-0.2, 0) is 0 Å². The summed E-state index contributed by atoms with van der Waals surface area (Å²) in [4.78, 5) is 16.2. The highest BCUT2D eigenvalue weighted by atomic mass is 16.6. The van der Waals surface area contributed by atoms with Crippen LogP contribution in [-0.4, -0.2) is 34.2 Å². The molecular formula is C12H20N4O3. The molecule has 0 fully saturated rings. The van der Waals surface area contributed by atoms with Crippen LogP contribution in [0.2, 0.25) is 0 Å². The van der Waals surface area contributed by atoms with Gasteiger partial charge in [0.1, 0.15) is 5.82 Å². The van der Waals surface area contributed by atoms with Gasteiger partial charge in [0.15, 0.2) is 0 Å². The number of nitrogen functional groups attached to an aromatic ring is 1. The van der Waals surface area contributed by atoms with Gasteiger partial charge in [-0.05, 0) is 18.9 Å². The molecule has 0 spiro atoms. The van der Waals surface area contributed by atoms with E-state index < -0.39 is 4.92 Å². The predicted octanol–water partition coefficient (Wildman–Crippen LogP) is 1.56. The third-order valence-electron chi connectivity index (χ3n) is 3.10. The molecule has 1 aromatic rings. The lowest BCUT2D eigenvalue weighted by Crippen LogP contribution is -2.37. The fourth-order valence-corrected chi connectivity index (χ4v) is 2.09. The molecule has 0 atom stereocenters. The largest absolute Gasteiger partial charge is 0.395 e. The molecule has 3 N–H and O–H groups in total. The molecule has 0 radical (unpaired) electrons. The number of hydrogen-bond donors (Lipinski definition) is 2. The standard InChI is InChI=1S/C12H20N4O3/c1-3-9(4-2)15(7-8-17)11-6-5-10(16(18)19)12(13)14-11/h5-6,9,17H,3-4,7-8H2,1-2H3,(H2,13,14). The number of anilines is 2. The van der Waals surface area contributed by atoms with E-state index in [1.807, 2.05) is 18.7 Å². The van der Waals surface area contributed by atoms with E-state index in [-0.39, 0.29) is 24.2 Å². The minimum absolute atomic E-state index is 0.00489. The van der Waals surface area contributed by atoms with Crippen molar-refractivity contribution in [3.63, 3.8) is 0 Å². The Morgan fingerprint density at radius 3 is 2.53 bits per heavy atom. The van der Waals surface area contributed by atoms with Gasteiger partial charge >= 0.3 is 5.69 Å². The zero-order valence-electron chi connectivity index (χ0n) is 11.2. The Morgan fingerprint density at radius 1 is 1.47 bits per heavy atom. The average molecular weight is 268 g/mol. The number of rotatable bonds is 7. The van der Waals surface area contributed by atoms with Crippen molar-refractivity contribution in [3.8, 4) is 0 Å². The van der Waals surface area contributed by atoms with Crippen molar-refractivity contribution in [2.75, 3.05) is 23.8 Å². The van der Waals surface area contributed by atoms with Gasteiger partial charge in [0.25, 0.3) is 0 Å². The van der Waals surface area contributed by atoms with E-state index in [4.69, 9.17) is 10.8 Å². The summed E-state index contributed by atoms with van der Waals surface area (Å²) in [6.45, 7) is 4.52. The van der Waals surface area contributed by atoms with Crippen LogP contribution in [0.3, 0.4) is 0 Å². The highest BCUT2D eigenvalue weighted by molar-refractivity contribution is 5.58. The molecule has 7 heteroatoms. The molecule has 0 aromatic carbocycles. The number of aromatic nitrogens is 1. The molecule has 7 nitrogen and oxygen atoms in total. The van der Waals surface area contributed by atoms with Gasteiger partial charge in [0, 0.05) is 18.7 Å².